The number of aromatic nitrogens is 3. The molecule has 0 unspecified atom stereocenters. The maximum atomic E-state index is 11.9. The number of benzene rings is 1. The zero-order valence-electron chi connectivity index (χ0n) is 10.5. The van der Waals surface area contributed by atoms with E-state index in [0.29, 0.717) is 18.8 Å². The van der Waals surface area contributed by atoms with E-state index in [1.54, 1.807) is 12.1 Å². The van der Waals surface area contributed by atoms with Gasteiger partial charge in [0.05, 0.1) is 18.4 Å². The standard InChI is InChI=1S/C12H15N5O2/c1-8-2-3-11(18)9(6-8)14-12(19)10-7-17(5-4-13)16-15-10/h2-3,6-7,18H,4-5,13H2,1H3,(H,14,19). The average Bonchev–Trinajstić information content (AvgIpc) is 2.83. The summed E-state index contributed by atoms with van der Waals surface area (Å²) in [6.07, 6.45) is 1.51. The van der Waals surface area contributed by atoms with Crippen molar-refractivity contribution in [2.45, 2.75) is 13.5 Å². The van der Waals surface area contributed by atoms with E-state index in [2.05, 4.69) is 15.6 Å². The molecule has 0 bridgehead atoms. The van der Waals surface area contributed by atoms with Crippen molar-refractivity contribution < 1.29 is 9.90 Å². The van der Waals surface area contributed by atoms with Gasteiger partial charge in [-0.25, -0.2) is 0 Å². The molecule has 4 N–H and O–H groups in total. The molecule has 7 nitrogen and oxygen atoms in total. The summed E-state index contributed by atoms with van der Waals surface area (Å²) in [4.78, 5) is 11.9. The number of aryl methyl sites for hydroxylation is 1. The van der Waals surface area contributed by atoms with Crippen molar-refractivity contribution in [3.63, 3.8) is 0 Å². The molecule has 100 valence electrons. The number of nitrogens with two attached hydrogens (primary N) is 1. The van der Waals surface area contributed by atoms with Crippen LogP contribution in [0.1, 0.15) is 16.1 Å². The number of hydrogen-bond donors (Lipinski definition) is 3. The van der Waals surface area contributed by atoms with E-state index in [1.807, 2.05) is 6.92 Å². The van der Waals surface area contributed by atoms with Crippen molar-refractivity contribution >= 4 is 11.6 Å². The maximum absolute atomic E-state index is 11.9. The Morgan fingerprint density at radius 3 is 3.05 bits per heavy atom. The Hall–Kier alpha value is -2.41. The first-order chi connectivity index (χ1) is 9.10. The largest absolute Gasteiger partial charge is 0.506 e. The molecular formula is C12H15N5O2. The van der Waals surface area contributed by atoms with Crippen LogP contribution in [0.2, 0.25) is 0 Å². The summed E-state index contributed by atoms with van der Waals surface area (Å²) in [6.45, 7) is 2.78. The van der Waals surface area contributed by atoms with Gasteiger partial charge in [0, 0.05) is 6.54 Å². The van der Waals surface area contributed by atoms with Gasteiger partial charge in [0.15, 0.2) is 5.69 Å². The van der Waals surface area contributed by atoms with Crippen LogP contribution in [0, 0.1) is 6.92 Å². The molecule has 2 rings (SSSR count). The first-order valence-electron chi connectivity index (χ1n) is 5.81. The van der Waals surface area contributed by atoms with E-state index in [0.717, 1.165) is 5.56 Å². The predicted molar refractivity (Wildman–Crippen MR) is 69.9 cm³/mol. The second-order valence-electron chi connectivity index (χ2n) is 4.13. The number of carbonyl (C=O) groups excluding carboxylic acids is 1. The number of anilines is 1. The van der Waals surface area contributed by atoms with Crippen molar-refractivity contribution in [3.05, 3.63) is 35.7 Å². The first-order valence-corrected chi connectivity index (χ1v) is 5.81. The minimum Gasteiger partial charge on any atom is -0.506 e. The lowest BCUT2D eigenvalue weighted by atomic mass is 10.2. The normalized spacial score (nSPS) is 10.4. The molecule has 19 heavy (non-hydrogen) atoms. The van der Waals surface area contributed by atoms with Gasteiger partial charge in [0.1, 0.15) is 5.75 Å². The molecule has 1 aromatic heterocycles. The summed E-state index contributed by atoms with van der Waals surface area (Å²) in [5.41, 5.74) is 6.84. The number of aromatic hydroxyl groups is 1. The molecule has 0 saturated carbocycles. The summed E-state index contributed by atoms with van der Waals surface area (Å²) in [6, 6.07) is 4.95. The maximum Gasteiger partial charge on any atom is 0.277 e. The number of amides is 1. The summed E-state index contributed by atoms with van der Waals surface area (Å²) < 4.78 is 1.49. The lowest BCUT2D eigenvalue weighted by molar-refractivity contribution is 0.102. The second kappa shape index (κ2) is 5.49. The van der Waals surface area contributed by atoms with E-state index in [-0.39, 0.29) is 11.4 Å². The molecule has 2 aromatic rings. The van der Waals surface area contributed by atoms with Gasteiger partial charge in [-0.1, -0.05) is 11.3 Å². The smallest absolute Gasteiger partial charge is 0.277 e. The van der Waals surface area contributed by atoms with Crippen molar-refractivity contribution in [1.82, 2.24) is 15.0 Å². The molecule has 7 heteroatoms. The highest BCUT2D eigenvalue weighted by Crippen LogP contribution is 2.24. The molecular weight excluding hydrogens is 246 g/mol. The summed E-state index contributed by atoms with van der Waals surface area (Å²) >= 11 is 0. The van der Waals surface area contributed by atoms with Crippen LogP contribution in [0.15, 0.2) is 24.4 Å². The number of hydrogen-bond acceptors (Lipinski definition) is 5. The van der Waals surface area contributed by atoms with Crippen LogP contribution in [0.3, 0.4) is 0 Å². The van der Waals surface area contributed by atoms with Gasteiger partial charge in [0.25, 0.3) is 5.91 Å². The Bertz CT molecular complexity index is 594. The monoisotopic (exact) mass is 261 g/mol. The zero-order chi connectivity index (χ0) is 13.8. The van der Waals surface area contributed by atoms with Crippen molar-refractivity contribution in [1.29, 1.82) is 0 Å². The highest BCUT2D eigenvalue weighted by molar-refractivity contribution is 6.03. The lowest BCUT2D eigenvalue weighted by Gasteiger charge is -2.06. The third kappa shape index (κ3) is 3.08. The molecule has 1 heterocycles. The van der Waals surface area contributed by atoms with Gasteiger partial charge in [-0.3, -0.25) is 9.48 Å². The van der Waals surface area contributed by atoms with Gasteiger partial charge >= 0.3 is 0 Å². The van der Waals surface area contributed by atoms with Gasteiger partial charge < -0.3 is 16.2 Å². The van der Waals surface area contributed by atoms with Gasteiger partial charge in [0.2, 0.25) is 0 Å². The van der Waals surface area contributed by atoms with Crippen LogP contribution in [0.25, 0.3) is 0 Å². The molecule has 0 aliphatic heterocycles. The molecule has 0 spiro atoms. The quantitative estimate of drug-likeness (QED) is 0.695. The molecule has 0 atom stereocenters. The Morgan fingerprint density at radius 1 is 1.53 bits per heavy atom. The third-order valence-electron chi connectivity index (χ3n) is 2.53. The number of nitrogens with one attached hydrogen (secondary N) is 1. The van der Waals surface area contributed by atoms with E-state index in [1.165, 1.54) is 16.9 Å². The van der Waals surface area contributed by atoms with Crippen molar-refractivity contribution in [3.8, 4) is 5.75 Å². The summed E-state index contributed by atoms with van der Waals surface area (Å²) in [5.74, 6) is -0.419. The number of carbonyl (C=O) groups is 1. The van der Waals surface area contributed by atoms with E-state index < -0.39 is 5.91 Å². The Labute approximate surface area is 110 Å². The average molecular weight is 261 g/mol. The van der Waals surface area contributed by atoms with Crippen LogP contribution in [0.5, 0.6) is 5.75 Å². The van der Waals surface area contributed by atoms with Crippen molar-refractivity contribution in [2.75, 3.05) is 11.9 Å². The SMILES string of the molecule is Cc1ccc(O)c(NC(=O)c2cn(CCN)nn2)c1. The Balaban J connectivity index is 2.13. The fourth-order valence-electron chi connectivity index (χ4n) is 1.58. The number of phenols is 1. The third-order valence-corrected chi connectivity index (χ3v) is 2.53. The van der Waals surface area contributed by atoms with Crippen LogP contribution in [0.4, 0.5) is 5.69 Å². The van der Waals surface area contributed by atoms with Crippen LogP contribution < -0.4 is 11.1 Å². The summed E-state index contributed by atoms with van der Waals surface area (Å²) in [7, 11) is 0. The predicted octanol–water partition coefficient (Wildman–Crippen LogP) is 0.503. The summed E-state index contributed by atoms with van der Waals surface area (Å²) in [5, 5.41) is 19.8. The number of phenolic OH excluding ortho intramolecular Hbond substituents is 1. The number of rotatable bonds is 4. The zero-order valence-corrected chi connectivity index (χ0v) is 10.5. The highest BCUT2D eigenvalue weighted by Gasteiger charge is 2.12. The fourth-order valence-corrected chi connectivity index (χ4v) is 1.58. The first kappa shape index (κ1) is 13.0. The minimum absolute atomic E-state index is 0.00769. The molecule has 0 saturated heterocycles. The Kier molecular flexibility index (Phi) is 3.76. The fraction of sp³-hybridized carbons (Fsp3) is 0.250. The topological polar surface area (TPSA) is 106 Å². The highest BCUT2D eigenvalue weighted by atomic mass is 16.3. The lowest BCUT2D eigenvalue weighted by Crippen LogP contribution is -2.13. The van der Waals surface area contributed by atoms with Crippen LogP contribution in [-0.2, 0) is 6.54 Å². The molecule has 0 radical (unpaired) electrons. The van der Waals surface area contributed by atoms with Gasteiger partial charge in [-0.15, -0.1) is 5.10 Å². The van der Waals surface area contributed by atoms with E-state index >= 15 is 0 Å². The van der Waals surface area contributed by atoms with Crippen LogP contribution in [-0.4, -0.2) is 32.6 Å². The number of nitrogens with zero attached hydrogens (tertiary/aromatic N) is 3. The molecule has 0 fully saturated rings. The van der Waals surface area contributed by atoms with Gasteiger partial charge in [-0.2, -0.15) is 0 Å². The molecule has 1 aromatic carbocycles. The molecule has 1 amide bonds. The molecule has 0 aliphatic rings. The minimum atomic E-state index is -0.427. The molecule has 0 aliphatic carbocycles. The van der Waals surface area contributed by atoms with E-state index in [4.69, 9.17) is 5.73 Å². The van der Waals surface area contributed by atoms with Gasteiger partial charge in [-0.05, 0) is 24.6 Å². The second-order valence-corrected chi connectivity index (χ2v) is 4.13. The van der Waals surface area contributed by atoms with Crippen molar-refractivity contribution in [2.24, 2.45) is 5.73 Å². The van der Waals surface area contributed by atoms with E-state index in [9.17, 15) is 9.90 Å². The van der Waals surface area contributed by atoms with Crippen LogP contribution >= 0.6 is 0 Å². The Morgan fingerprint density at radius 2 is 2.32 bits per heavy atom.